The number of hydrogen-bond donors (Lipinski definition) is 1. The van der Waals surface area contributed by atoms with Crippen LogP contribution in [0.25, 0.3) is 0 Å². The summed E-state index contributed by atoms with van der Waals surface area (Å²) in [5.41, 5.74) is 0.573. The second-order valence-corrected chi connectivity index (χ2v) is 7.26. The SMILES string of the molecule is C#CC1C[C@H](CC2CC2(C)CO)C(C)(C)[C@@H]1C. The lowest BCUT2D eigenvalue weighted by Crippen LogP contribution is -2.25. The molecule has 0 aromatic carbocycles. The number of terminal acetylenes is 1. The zero-order valence-electron chi connectivity index (χ0n) is 11.7. The molecule has 2 aliphatic carbocycles. The molecule has 0 aliphatic heterocycles. The molecule has 1 heteroatoms. The highest BCUT2D eigenvalue weighted by Gasteiger charge is 2.54. The topological polar surface area (TPSA) is 20.2 Å². The lowest BCUT2D eigenvalue weighted by Gasteiger charge is -2.32. The maximum atomic E-state index is 9.36. The summed E-state index contributed by atoms with van der Waals surface area (Å²) in [6.07, 6.45) is 9.28. The third-order valence-corrected chi connectivity index (χ3v) is 6.05. The normalized spacial score (nSPS) is 47.8. The first-order valence-electron chi connectivity index (χ1n) is 6.92. The molecule has 1 N–H and O–H groups in total. The Balaban J connectivity index is 2.01. The molecule has 3 unspecified atom stereocenters. The van der Waals surface area contributed by atoms with E-state index in [1.807, 2.05) is 0 Å². The van der Waals surface area contributed by atoms with E-state index in [-0.39, 0.29) is 5.41 Å². The van der Waals surface area contributed by atoms with Gasteiger partial charge in [0, 0.05) is 12.5 Å². The van der Waals surface area contributed by atoms with E-state index in [0.29, 0.717) is 23.9 Å². The average molecular weight is 234 g/mol. The minimum absolute atomic E-state index is 0.216. The van der Waals surface area contributed by atoms with Gasteiger partial charge in [0.25, 0.3) is 0 Å². The highest BCUT2D eigenvalue weighted by Crippen LogP contribution is 2.60. The number of hydrogen-bond acceptors (Lipinski definition) is 1. The van der Waals surface area contributed by atoms with Crippen molar-refractivity contribution in [3.63, 3.8) is 0 Å². The molecule has 2 rings (SSSR count). The van der Waals surface area contributed by atoms with Gasteiger partial charge < -0.3 is 5.11 Å². The zero-order chi connectivity index (χ0) is 12.8. The molecule has 0 amide bonds. The van der Waals surface area contributed by atoms with Crippen molar-refractivity contribution in [2.45, 2.75) is 47.0 Å². The summed E-state index contributed by atoms with van der Waals surface area (Å²) in [5.74, 6) is 5.51. The molecular weight excluding hydrogens is 208 g/mol. The predicted molar refractivity (Wildman–Crippen MR) is 71.3 cm³/mol. The molecule has 0 radical (unpaired) electrons. The first kappa shape index (κ1) is 13.0. The first-order valence-corrected chi connectivity index (χ1v) is 6.92. The lowest BCUT2D eigenvalue weighted by atomic mass is 9.73. The van der Waals surface area contributed by atoms with Gasteiger partial charge in [0.15, 0.2) is 0 Å². The summed E-state index contributed by atoms with van der Waals surface area (Å²) in [5, 5.41) is 9.36. The Morgan fingerprint density at radius 3 is 2.35 bits per heavy atom. The van der Waals surface area contributed by atoms with Crippen molar-refractivity contribution in [3.05, 3.63) is 0 Å². The van der Waals surface area contributed by atoms with Crippen LogP contribution in [0.5, 0.6) is 0 Å². The predicted octanol–water partition coefficient (Wildman–Crippen LogP) is 3.33. The highest BCUT2D eigenvalue weighted by molar-refractivity contribution is 5.09. The summed E-state index contributed by atoms with van der Waals surface area (Å²) in [4.78, 5) is 0. The van der Waals surface area contributed by atoms with Gasteiger partial charge in [-0.25, -0.2) is 0 Å². The fourth-order valence-electron chi connectivity index (χ4n) is 3.73. The number of aliphatic hydroxyl groups is 1. The number of aliphatic hydroxyl groups excluding tert-OH is 1. The van der Waals surface area contributed by atoms with Gasteiger partial charge >= 0.3 is 0 Å². The Morgan fingerprint density at radius 2 is 1.94 bits per heavy atom. The van der Waals surface area contributed by atoms with Crippen molar-refractivity contribution >= 4 is 0 Å². The van der Waals surface area contributed by atoms with Crippen LogP contribution < -0.4 is 0 Å². The molecule has 0 saturated heterocycles. The minimum atomic E-state index is 0.216. The zero-order valence-corrected chi connectivity index (χ0v) is 11.7. The summed E-state index contributed by atoms with van der Waals surface area (Å²) < 4.78 is 0. The second kappa shape index (κ2) is 4.02. The largest absolute Gasteiger partial charge is 0.396 e. The van der Waals surface area contributed by atoms with Crippen LogP contribution in [0.4, 0.5) is 0 Å². The van der Waals surface area contributed by atoms with Crippen LogP contribution in [0.15, 0.2) is 0 Å². The van der Waals surface area contributed by atoms with Crippen molar-refractivity contribution in [1.82, 2.24) is 0 Å². The van der Waals surface area contributed by atoms with Gasteiger partial charge in [-0.05, 0) is 47.8 Å². The molecule has 0 bridgehead atoms. The summed E-state index contributed by atoms with van der Waals surface area (Å²) in [7, 11) is 0. The Kier molecular flexibility index (Phi) is 3.07. The first-order chi connectivity index (χ1) is 7.85. The van der Waals surface area contributed by atoms with Crippen LogP contribution in [-0.4, -0.2) is 11.7 Å². The molecule has 2 aliphatic rings. The second-order valence-electron chi connectivity index (χ2n) is 7.26. The molecule has 2 saturated carbocycles. The lowest BCUT2D eigenvalue weighted by molar-refractivity contribution is 0.159. The Morgan fingerprint density at radius 1 is 1.29 bits per heavy atom. The van der Waals surface area contributed by atoms with Gasteiger partial charge in [0.1, 0.15) is 0 Å². The van der Waals surface area contributed by atoms with Crippen LogP contribution in [0.1, 0.15) is 47.0 Å². The fraction of sp³-hybridized carbons (Fsp3) is 0.875. The van der Waals surface area contributed by atoms with Crippen LogP contribution in [-0.2, 0) is 0 Å². The van der Waals surface area contributed by atoms with Crippen LogP contribution in [0.3, 0.4) is 0 Å². The van der Waals surface area contributed by atoms with E-state index >= 15 is 0 Å². The maximum Gasteiger partial charge on any atom is 0.0487 e. The smallest absolute Gasteiger partial charge is 0.0487 e. The summed E-state index contributed by atoms with van der Waals surface area (Å²) in [6, 6.07) is 0. The molecule has 0 aromatic rings. The molecular formula is C16H26O. The molecule has 5 atom stereocenters. The van der Waals surface area contributed by atoms with Crippen molar-refractivity contribution in [1.29, 1.82) is 0 Å². The monoisotopic (exact) mass is 234 g/mol. The van der Waals surface area contributed by atoms with Crippen molar-refractivity contribution in [2.24, 2.45) is 34.5 Å². The van der Waals surface area contributed by atoms with E-state index in [1.165, 1.54) is 19.3 Å². The fourth-order valence-corrected chi connectivity index (χ4v) is 3.73. The van der Waals surface area contributed by atoms with Crippen molar-refractivity contribution < 1.29 is 5.11 Å². The summed E-state index contributed by atoms with van der Waals surface area (Å²) in [6.45, 7) is 9.61. The van der Waals surface area contributed by atoms with E-state index < -0.39 is 0 Å². The third-order valence-electron chi connectivity index (χ3n) is 6.05. The van der Waals surface area contributed by atoms with E-state index in [0.717, 1.165) is 11.8 Å². The molecule has 0 spiro atoms. The quantitative estimate of drug-likeness (QED) is 0.743. The average Bonchev–Trinajstić information content (AvgIpc) is 2.88. The molecule has 1 nitrogen and oxygen atoms in total. The third kappa shape index (κ3) is 2.02. The van der Waals surface area contributed by atoms with Gasteiger partial charge in [-0.3, -0.25) is 0 Å². The molecule has 17 heavy (non-hydrogen) atoms. The standard InChI is InChI=1S/C16H26O/c1-6-12-7-13(15(3,4)11(12)2)8-14-9-16(14,5)10-17/h1,11-14,17H,7-10H2,2-5H3/t11-,12?,13-,14?,16?/m1/s1. The Hall–Kier alpha value is -0.480. The molecule has 0 heterocycles. The van der Waals surface area contributed by atoms with Gasteiger partial charge in [-0.2, -0.15) is 0 Å². The van der Waals surface area contributed by atoms with Gasteiger partial charge in [0.2, 0.25) is 0 Å². The van der Waals surface area contributed by atoms with E-state index in [2.05, 4.69) is 33.6 Å². The van der Waals surface area contributed by atoms with E-state index in [1.54, 1.807) is 0 Å². The Labute approximate surface area is 106 Å². The molecule has 96 valence electrons. The number of rotatable bonds is 3. The van der Waals surface area contributed by atoms with E-state index in [4.69, 9.17) is 6.42 Å². The summed E-state index contributed by atoms with van der Waals surface area (Å²) >= 11 is 0. The highest BCUT2D eigenvalue weighted by atomic mass is 16.3. The van der Waals surface area contributed by atoms with Crippen molar-refractivity contribution in [3.8, 4) is 12.3 Å². The van der Waals surface area contributed by atoms with Gasteiger partial charge in [-0.1, -0.05) is 27.7 Å². The maximum absolute atomic E-state index is 9.36. The van der Waals surface area contributed by atoms with Crippen LogP contribution in [0.2, 0.25) is 0 Å². The molecule has 2 fully saturated rings. The van der Waals surface area contributed by atoms with Gasteiger partial charge in [-0.15, -0.1) is 12.3 Å². The Bertz CT molecular complexity index is 338. The molecule has 0 aromatic heterocycles. The van der Waals surface area contributed by atoms with Crippen LogP contribution in [0, 0.1) is 46.8 Å². The van der Waals surface area contributed by atoms with Crippen molar-refractivity contribution in [2.75, 3.05) is 6.61 Å². The van der Waals surface area contributed by atoms with Gasteiger partial charge in [0.05, 0.1) is 0 Å². The minimum Gasteiger partial charge on any atom is -0.396 e. The van der Waals surface area contributed by atoms with Crippen LogP contribution >= 0.6 is 0 Å². The van der Waals surface area contributed by atoms with E-state index in [9.17, 15) is 5.11 Å².